The van der Waals surface area contributed by atoms with Crippen LogP contribution in [0.25, 0.3) is 0 Å². The Morgan fingerprint density at radius 1 is 1.24 bits per heavy atom. The van der Waals surface area contributed by atoms with Gasteiger partial charge in [0.2, 0.25) is 0 Å². The highest BCUT2D eigenvalue weighted by Gasteiger charge is 2.17. The fourth-order valence-corrected chi connectivity index (χ4v) is 2.11. The number of hydrogen-bond donors (Lipinski definition) is 2. The number of anilines is 2. The number of rotatable bonds is 4. The second-order valence-electron chi connectivity index (χ2n) is 4.04. The summed E-state index contributed by atoms with van der Waals surface area (Å²) in [5.74, 6) is -1.67. The number of nitrogens with one attached hydrogen (secondary N) is 1. The van der Waals surface area contributed by atoms with Crippen LogP contribution in [0.5, 0.6) is 0 Å². The summed E-state index contributed by atoms with van der Waals surface area (Å²) in [6.07, 6.45) is 0. The summed E-state index contributed by atoms with van der Waals surface area (Å²) in [7, 11) is 0. The summed E-state index contributed by atoms with van der Waals surface area (Å²) in [5, 5.41) is 22.6. The topological polar surface area (TPSA) is 92.5 Å². The Hall–Kier alpha value is -2.48. The second-order valence-corrected chi connectivity index (χ2v) is 4.90. The van der Waals surface area contributed by atoms with Gasteiger partial charge in [0.15, 0.2) is 0 Å². The molecule has 0 aliphatic heterocycles. The van der Waals surface area contributed by atoms with Gasteiger partial charge in [-0.05, 0) is 46.3 Å². The number of nitrogens with zero attached hydrogens (tertiary/aromatic N) is 1. The van der Waals surface area contributed by atoms with Gasteiger partial charge in [-0.25, -0.2) is 9.18 Å². The van der Waals surface area contributed by atoms with Crippen molar-refractivity contribution in [3.05, 3.63) is 62.4 Å². The van der Waals surface area contributed by atoms with Crippen LogP contribution in [0, 0.1) is 15.9 Å². The van der Waals surface area contributed by atoms with Gasteiger partial charge in [-0.2, -0.15) is 0 Å². The minimum Gasteiger partial charge on any atom is -0.478 e. The summed E-state index contributed by atoms with van der Waals surface area (Å²) in [4.78, 5) is 21.3. The lowest BCUT2D eigenvalue weighted by molar-refractivity contribution is -0.383. The number of carboxylic acid groups (broad SMARTS) is 1. The predicted molar refractivity (Wildman–Crippen MR) is 77.4 cm³/mol. The molecule has 0 aliphatic carbocycles. The molecule has 108 valence electrons. The fraction of sp³-hybridized carbons (Fsp3) is 0. The van der Waals surface area contributed by atoms with E-state index in [-0.39, 0.29) is 16.9 Å². The largest absolute Gasteiger partial charge is 0.478 e. The van der Waals surface area contributed by atoms with Crippen molar-refractivity contribution in [2.24, 2.45) is 0 Å². The number of hydrogen-bond acceptors (Lipinski definition) is 4. The molecule has 2 N–H and O–H groups in total. The van der Waals surface area contributed by atoms with Gasteiger partial charge in [0.25, 0.3) is 5.69 Å². The van der Waals surface area contributed by atoms with E-state index in [1.54, 1.807) is 0 Å². The van der Waals surface area contributed by atoms with Crippen LogP contribution in [0.15, 0.2) is 40.9 Å². The number of nitro benzene ring substituents is 1. The Morgan fingerprint density at radius 2 is 1.95 bits per heavy atom. The molecular formula is C13H8BrFN2O4. The highest BCUT2D eigenvalue weighted by molar-refractivity contribution is 9.10. The van der Waals surface area contributed by atoms with E-state index in [0.29, 0.717) is 10.2 Å². The quantitative estimate of drug-likeness (QED) is 0.640. The van der Waals surface area contributed by atoms with E-state index in [4.69, 9.17) is 5.11 Å². The summed E-state index contributed by atoms with van der Waals surface area (Å²) in [6, 6.07) is 7.15. The van der Waals surface area contributed by atoms with E-state index in [0.717, 1.165) is 18.2 Å². The Bertz CT molecular complexity index is 736. The van der Waals surface area contributed by atoms with Crippen molar-refractivity contribution in [1.82, 2.24) is 0 Å². The van der Waals surface area contributed by atoms with Gasteiger partial charge in [0, 0.05) is 10.5 Å². The molecule has 0 unspecified atom stereocenters. The van der Waals surface area contributed by atoms with Crippen LogP contribution in [-0.2, 0) is 0 Å². The molecule has 8 heteroatoms. The highest BCUT2D eigenvalue weighted by atomic mass is 79.9. The molecule has 0 amide bonds. The van der Waals surface area contributed by atoms with Crippen LogP contribution >= 0.6 is 15.9 Å². The molecule has 2 aromatic carbocycles. The van der Waals surface area contributed by atoms with E-state index >= 15 is 0 Å². The van der Waals surface area contributed by atoms with Crippen LogP contribution in [0.3, 0.4) is 0 Å². The first kappa shape index (κ1) is 14.9. The minimum atomic E-state index is -1.20. The molecule has 0 radical (unpaired) electrons. The summed E-state index contributed by atoms with van der Waals surface area (Å²) >= 11 is 3.12. The molecule has 0 aromatic heterocycles. The van der Waals surface area contributed by atoms with Gasteiger partial charge in [-0.3, -0.25) is 10.1 Å². The van der Waals surface area contributed by atoms with Crippen molar-refractivity contribution in [1.29, 1.82) is 0 Å². The molecule has 0 spiro atoms. The predicted octanol–water partition coefficient (Wildman–Crippen LogP) is 3.94. The average Bonchev–Trinajstić information content (AvgIpc) is 2.41. The number of nitro groups is 1. The Kier molecular flexibility index (Phi) is 4.18. The van der Waals surface area contributed by atoms with Crippen LogP contribution in [-0.4, -0.2) is 16.0 Å². The van der Waals surface area contributed by atoms with E-state index in [1.165, 1.54) is 18.2 Å². The van der Waals surface area contributed by atoms with E-state index in [1.807, 2.05) is 0 Å². The van der Waals surface area contributed by atoms with Crippen molar-refractivity contribution in [3.63, 3.8) is 0 Å². The van der Waals surface area contributed by atoms with Crippen LogP contribution < -0.4 is 5.32 Å². The Labute approximate surface area is 126 Å². The van der Waals surface area contributed by atoms with E-state index < -0.39 is 16.7 Å². The molecule has 0 bridgehead atoms. The maximum Gasteiger partial charge on any atom is 0.335 e. The first-order valence-corrected chi connectivity index (χ1v) is 6.41. The van der Waals surface area contributed by atoms with Crippen molar-refractivity contribution in [3.8, 4) is 0 Å². The van der Waals surface area contributed by atoms with Crippen molar-refractivity contribution >= 4 is 39.0 Å². The lowest BCUT2D eigenvalue weighted by Gasteiger charge is -2.10. The van der Waals surface area contributed by atoms with Gasteiger partial charge in [0.1, 0.15) is 11.5 Å². The number of halogens is 2. The van der Waals surface area contributed by atoms with E-state index in [2.05, 4.69) is 21.2 Å². The lowest BCUT2D eigenvalue weighted by atomic mass is 10.1. The van der Waals surface area contributed by atoms with E-state index in [9.17, 15) is 19.3 Å². The maximum atomic E-state index is 13.0. The molecular weight excluding hydrogens is 347 g/mol. The maximum absolute atomic E-state index is 13.0. The molecule has 21 heavy (non-hydrogen) atoms. The van der Waals surface area contributed by atoms with Crippen LogP contribution in [0.2, 0.25) is 0 Å². The SMILES string of the molecule is O=C(O)c1ccc([N+](=O)[O-])c(Nc2ccc(F)cc2Br)c1. The minimum absolute atomic E-state index is 0.00667. The number of aromatic carboxylic acids is 1. The number of benzene rings is 2. The normalized spacial score (nSPS) is 10.2. The molecule has 0 saturated heterocycles. The lowest BCUT2D eigenvalue weighted by Crippen LogP contribution is -2.02. The molecule has 0 fully saturated rings. The second kappa shape index (κ2) is 5.88. The summed E-state index contributed by atoms with van der Waals surface area (Å²) in [6.45, 7) is 0. The van der Waals surface area contributed by atoms with Gasteiger partial charge >= 0.3 is 5.97 Å². The molecule has 6 nitrogen and oxygen atoms in total. The average molecular weight is 355 g/mol. The first-order chi connectivity index (χ1) is 9.88. The third-order valence-electron chi connectivity index (χ3n) is 2.64. The van der Waals surface area contributed by atoms with Crippen LogP contribution in [0.4, 0.5) is 21.5 Å². The van der Waals surface area contributed by atoms with Gasteiger partial charge in [-0.15, -0.1) is 0 Å². The van der Waals surface area contributed by atoms with Crippen molar-refractivity contribution in [2.45, 2.75) is 0 Å². The molecule has 2 aromatic rings. The standard InChI is InChI=1S/C13H8BrFN2O4/c14-9-6-8(15)2-3-10(9)16-11-5-7(13(18)19)1-4-12(11)17(20)21/h1-6,16H,(H,18,19). The van der Waals surface area contributed by atoms with Crippen LogP contribution in [0.1, 0.15) is 10.4 Å². The molecule has 0 saturated carbocycles. The van der Waals surface area contributed by atoms with Gasteiger partial charge in [-0.1, -0.05) is 0 Å². The molecule has 2 rings (SSSR count). The smallest absolute Gasteiger partial charge is 0.335 e. The fourth-order valence-electron chi connectivity index (χ4n) is 1.66. The van der Waals surface area contributed by atoms with Crippen molar-refractivity contribution < 1.29 is 19.2 Å². The molecule has 0 aliphatic rings. The van der Waals surface area contributed by atoms with Crippen molar-refractivity contribution in [2.75, 3.05) is 5.32 Å². The Morgan fingerprint density at radius 3 is 2.52 bits per heavy atom. The number of carboxylic acids is 1. The zero-order valence-corrected chi connectivity index (χ0v) is 11.9. The summed E-state index contributed by atoms with van der Waals surface area (Å²) in [5.41, 5.74) is 0.00630. The third-order valence-corrected chi connectivity index (χ3v) is 3.30. The molecule has 0 heterocycles. The zero-order valence-electron chi connectivity index (χ0n) is 10.3. The third kappa shape index (κ3) is 3.34. The highest BCUT2D eigenvalue weighted by Crippen LogP contribution is 2.32. The van der Waals surface area contributed by atoms with Gasteiger partial charge in [0.05, 0.1) is 16.2 Å². The zero-order chi connectivity index (χ0) is 15.6. The molecule has 0 atom stereocenters. The first-order valence-electron chi connectivity index (χ1n) is 5.62. The van der Waals surface area contributed by atoms with Gasteiger partial charge < -0.3 is 10.4 Å². The monoisotopic (exact) mass is 354 g/mol. The summed E-state index contributed by atoms with van der Waals surface area (Å²) < 4.78 is 13.4. The number of carbonyl (C=O) groups is 1. The Balaban J connectivity index is 2.48.